The molecular formula is C14H17BrN4O. The lowest BCUT2D eigenvalue weighted by Gasteiger charge is -2.10. The van der Waals surface area contributed by atoms with Crippen molar-refractivity contribution < 1.29 is 0 Å². The van der Waals surface area contributed by atoms with E-state index in [-0.39, 0.29) is 5.56 Å². The second-order valence-corrected chi connectivity index (χ2v) is 5.29. The van der Waals surface area contributed by atoms with Crippen LogP contribution in [0.4, 0.5) is 11.4 Å². The van der Waals surface area contributed by atoms with Gasteiger partial charge in [-0.2, -0.15) is 5.10 Å². The highest BCUT2D eigenvalue weighted by Crippen LogP contribution is 2.17. The van der Waals surface area contributed by atoms with Crippen molar-refractivity contribution in [3.05, 3.63) is 50.9 Å². The van der Waals surface area contributed by atoms with Crippen molar-refractivity contribution in [1.82, 2.24) is 9.78 Å². The molecule has 2 aromatic rings. The van der Waals surface area contributed by atoms with Gasteiger partial charge in [0.15, 0.2) is 0 Å². The van der Waals surface area contributed by atoms with Gasteiger partial charge >= 0.3 is 0 Å². The van der Waals surface area contributed by atoms with Gasteiger partial charge in [-0.1, -0.05) is 19.1 Å². The Morgan fingerprint density at radius 1 is 1.35 bits per heavy atom. The summed E-state index contributed by atoms with van der Waals surface area (Å²) in [7, 11) is 0. The minimum atomic E-state index is -0.117. The molecule has 5 nitrogen and oxygen atoms in total. The van der Waals surface area contributed by atoms with Crippen LogP contribution in [0.3, 0.4) is 0 Å². The molecule has 0 atom stereocenters. The monoisotopic (exact) mass is 336 g/mol. The average Bonchev–Trinajstić information content (AvgIpc) is 2.45. The van der Waals surface area contributed by atoms with Crippen LogP contribution >= 0.6 is 15.9 Å². The number of hydrogen-bond donors (Lipinski definition) is 2. The maximum absolute atomic E-state index is 12.0. The predicted molar refractivity (Wildman–Crippen MR) is 84.7 cm³/mol. The molecule has 0 saturated heterocycles. The fraction of sp³-hybridized carbons (Fsp3) is 0.286. The Labute approximate surface area is 125 Å². The number of aryl methyl sites for hydroxylation is 1. The highest BCUT2D eigenvalue weighted by Gasteiger charge is 2.08. The second-order valence-electron chi connectivity index (χ2n) is 4.50. The van der Waals surface area contributed by atoms with E-state index in [1.165, 1.54) is 4.68 Å². The van der Waals surface area contributed by atoms with Crippen molar-refractivity contribution in [2.45, 2.75) is 26.4 Å². The van der Waals surface area contributed by atoms with E-state index < -0.39 is 0 Å². The molecule has 0 fully saturated rings. The lowest BCUT2D eigenvalue weighted by atomic mass is 10.2. The number of anilines is 2. The van der Waals surface area contributed by atoms with E-state index in [1.807, 2.05) is 31.2 Å². The van der Waals surface area contributed by atoms with Gasteiger partial charge in [-0.25, -0.2) is 4.68 Å². The summed E-state index contributed by atoms with van der Waals surface area (Å²) >= 11 is 3.33. The maximum atomic E-state index is 12.0. The number of benzene rings is 1. The van der Waals surface area contributed by atoms with E-state index in [9.17, 15) is 4.79 Å². The fourth-order valence-electron chi connectivity index (χ4n) is 1.79. The van der Waals surface area contributed by atoms with Crippen LogP contribution in [0.15, 0.2) is 39.7 Å². The Bertz CT molecular complexity index is 637. The topological polar surface area (TPSA) is 72.9 Å². The number of nitrogens with zero attached hydrogens (tertiary/aromatic N) is 2. The maximum Gasteiger partial charge on any atom is 0.283 e. The molecule has 0 aliphatic rings. The number of nitrogens with one attached hydrogen (secondary N) is 1. The Hall–Kier alpha value is -1.82. The molecule has 0 aliphatic heterocycles. The average molecular weight is 337 g/mol. The number of aromatic nitrogens is 2. The second kappa shape index (κ2) is 6.56. The van der Waals surface area contributed by atoms with Crippen LogP contribution in [0.2, 0.25) is 0 Å². The number of halogens is 1. The summed E-state index contributed by atoms with van der Waals surface area (Å²) in [6.45, 7) is 3.24. The van der Waals surface area contributed by atoms with Gasteiger partial charge in [0.25, 0.3) is 5.56 Å². The molecule has 6 heteroatoms. The molecule has 0 aliphatic carbocycles. The largest absolute Gasteiger partial charge is 0.399 e. The van der Waals surface area contributed by atoms with Crippen molar-refractivity contribution in [1.29, 1.82) is 0 Å². The molecule has 3 N–H and O–H groups in total. The first-order chi connectivity index (χ1) is 9.61. The first kappa shape index (κ1) is 14.6. The number of nitrogen functional groups attached to an aromatic ring is 1. The lowest BCUT2D eigenvalue weighted by Crippen LogP contribution is -2.24. The van der Waals surface area contributed by atoms with Crippen LogP contribution in [0.5, 0.6) is 0 Å². The van der Waals surface area contributed by atoms with E-state index in [4.69, 9.17) is 5.73 Å². The molecule has 1 aromatic carbocycles. The van der Waals surface area contributed by atoms with Crippen molar-refractivity contribution >= 4 is 27.3 Å². The highest BCUT2D eigenvalue weighted by molar-refractivity contribution is 9.10. The van der Waals surface area contributed by atoms with Crippen LogP contribution in [0.1, 0.15) is 18.9 Å². The van der Waals surface area contributed by atoms with Crippen molar-refractivity contribution in [3.8, 4) is 0 Å². The fourth-order valence-corrected chi connectivity index (χ4v) is 2.24. The molecule has 0 unspecified atom stereocenters. The zero-order valence-electron chi connectivity index (χ0n) is 11.3. The summed E-state index contributed by atoms with van der Waals surface area (Å²) in [5.74, 6) is 0. The van der Waals surface area contributed by atoms with Gasteiger partial charge in [-0.15, -0.1) is 0 Å². The molecule has 0 amide bonds. The van der Waals surface area contributed by atoms with Gasteiger partial charge in [0.05, 0.1) is 11.9 Å². The standard InChI is InChI=1S/C14H17BrN4O/c1-2-7-19-14(20)13(15)12(9-18-19)17-8-10-3-5-11(16)6-4-10/h3-6,9,17H,2,7-8,16H2,1H3. The van der Waals surface area contributed by atoms with E-state index in [0.29, 0.717) is 23.2 Å². The minimum absolute atomic E-state index is 0.117. The van der Waals surface area contributed by atoms with Crippen LogP contribution < -0.4 is 16.6 Å². The Balaban J connectivity index is 2.12. The summed E-state index contributed by atoms with van der Waals surface area (Å²) < 4.78 is 1.97. The first-order valence-electron chi connectivity index (χ1n) is 6.45. The van der Waals surface area contributed by atoms with Crippen LogP contribution in [0.25, 0.3) is 0 Å². The number of hydrogen-bond acceptors (Lipinski definition) is 4. The summed E-state index contributed by atoms with van der Waals surface area (Å²) in [6.07, 6.45) is 2.54. The third-order valence-electron chi connectivity index (χ3n) is 2.88. The highest BCUT2D eigenvalue weighted by atomic mass is 79.9. The molecular weight excluding hydrogens is 320 g/mol. The van der Waals surface area contributed by atoms with E-state index >= 15 is 0 Å². The number of rotatable bonds is 5. The Kier molecular flexibility index (Phi) is 4.79. The van der Waals surface area contributed by atoms with Gasteiger partial charge in [0.2, 0.25) is 0 Å². The molecule has 0 saturated carbocycles. The Morgan fingerprint density at radius 3 is 2.70 bits per heavy atom. The van der Waals surface area contributed by atoms with Crippen molar-refractivity contribution in [2.24, 2.45) is 0 Å². The molecule has 106 valence electrons. The summed E-state index contributed by atoms with van der Waals surface area (Å²) in [4.78, 5) is 12.0. The minimum Gasteiger partial charge on any atom is -0.399 e. The smallest absolute Gasteiger partial charge is 0.283 e. The third kappa shape index (κ3) is 3.39. The molecule has 0 radical (unpaired) electrons. The normalized spacial score (nSPS) is 10.5. The summed E-state index contributed by atoms with van der Waals surface area (Å²) in [6, 6.07) is 7.59. The van der Waals surface area contributed by atoms with E-state index in [0.717, 1.165) is 17.7 Å². The van der Waals surface area contributed by atoms with Crippen LogP contribution in [-0.4, -0.2) is 9.78 Å². The van der Waals surface area contributed by atoms with Crippen molar-refractivity contribution in [3.63, 3.8) is 0 Å². The summed E-state index contributed by atoms with van der Waals surface area (Å²) in [5.41, 5.74) is 8.04. The van der Waals surface area contributed by atoms with Crippen LogP contribution in [0, 0.1) is 0 Å². The quantitative estimate of drug-likeness (QED) is 0.823. The Morgan fingerprint density at radius 2 is 2.05 bits per heavy atom. The molecule has 20 heavy (non-hydrogen) atoms. The zero-order valence-corrected chi connectivity index (χ0v) is 12.9. The molecule has 0 spiro atoms. The van der Waals surface area contributed by atoms with E-state index in [1.54, 1.807) is 6.20 Å². The van der Waals surface area contributed by atoms with Gasteiger partial charge < -0.3 is 11.1 Å². The zero-order chi connectivity index (χ0) is 14.5. The molecule has 0 bridgehead atoms. The first-order valence-corrected chi connectivity index (χ1v) is 7.25. The van der Waals surface area contributed by atoms with Gasteiger partial charge in [0.1, 0.15) is 4.47 Å². The van der Waals surface area contributed by atoms with Gasteiger partial charge in [0, 0.05) is 18.8 Å². The lowest BCUT2D eigenvalue weighted by molar-refractivity contribution is 0.566. The van der Waals surface area contributed by atoms with Crippen LogP contribution in [-0.2, 0) is 13.1 Å². The van der Waals surface area contributed by atoms with Gasteiger partial charge in [-0.3, -0.25) is 4.79 Å². The van der Waals surface area contributed by atoms with E-state index in [2.05, 4.69) is 26.3 Å². The third-order valence-corrected chi connectivity index (χ3v) is 3.65. The van der Waals surface area contributed by atoms with Crippen molar-refractivity contribution in [2.75, 3.05) is 11.1 Å². The van der Waals surface area contributed by atoms with Gasteiger partial charge in [-0.05, 0) is 40.0 Å². The molecule has 1 heterocycles. The predicted octanol–water partition coefficient (Wildman–Crippen LogP) is 2.61. The summed E-state index contributed by atoms with van der Waals surface area (Å²) in [5, 5.41) is 7.34. The number of nitrogens with two attached hydrogens (primary N) is 1. The SMILES string of the molecule is CCCn1ncc(NCc2ccc(N)cc2)c(Br)c1=O. The molecule has 1 aromatic heterocycles. The molecule has 2 rings (SSSR count).